The molecule has 2 N–H and O–H groups in total. The van der Waals surface area contributed by atoms with Crippen LogP contribution in [0.4, 0.5) is 17.4 Å². The quantitative estimate of drug-likeness (QED) is 0.426. The minimum atomic E-state index is -0.518. The van der Waals surface area contributed by atoms with Crippen molar-refractivity contribution in [3.8, 4) is 11.5 Å². The highest BCUT2D eigenvalue weighted by Crippen LogP contribution is 2.32. The SMILES string of the molecule is C=C1Nc2ccccc2C(c2ccccc2)=NC1Nc1nnc(-c2ccccc2N2CCOCC2)o1. The van der Waals surface area contributed by atoms with Gasteiger partial charge < -0.3 is 24.7 Å². The van der Waals surface area contributed by atoms with Gasteiger partial charge in [-0.1, -0.05) is 72.3 Å². The van der Waals surface area contributed by atoms with Gasteiger partial charge in [0, 0.05) is 35.6 Å². The first-order valence-electron chi connectivity index (χ1n) is 12.0. The molecule has 2 aliphatic heterocycles. The van der Waals surface area contributed by atoms with Crippen molar-refractivity contribution in [3.63, 3.8) is 0 Å². The van der Waals surface area contributed by atoms with E-state index in [-0.39, 0.29) is 6.01 Å². The van der Waals surface area contributed by atoms with E-state index in [1.54, 1.807) is 0 Å². The van der Waals surface area contributed by atoms with Crippen molar-refractivity contribution in [2.45, 2.75) is 6.17 Å². The van der Waals surface area contributed by atoms with E-state index in [9.17, 15) is 0 Å². The standard InChI is InChI=1S/C28H26N6O2/c1-19-26(30-25(20-9-3-2-4-10-20)21-11-5-7-13-23(21)29-19)31-28-33-32-27(36-28)22-12-6-8-14-24(22)34-15-17-35-18-16-34/h2-14,26,29H,1,15-18H2,(H,31,33). The summed E-state index contributed by atoms with van der Waals surface area (Å²) >= 11 is 0. The van der Waals surface area contributed by atoms with Crippen LogP contribution in [0.15, 0.2) is 101 Å². The first kappa shape index (κ1) is 22.1. The van der Waals surface area contributed by atoms with Crippen molar-refractivity contribution in [2.75, 3.05) is 41.8 Å². The van der Waals surface area contributed by atoms with Crippen molar-refractivity contribution in [2.24, 2.45) is 4.99 Å². The van der Waals surface area contributed by atoms with Gasteiger partial charge in [-0.3, -0.25) is 4.99 Å². The van der Waals surface area contributed by atoms with Gasteiger partial charge in [0.25, 0.3) is 5.89 Å². The zero-order valence-corrected chi connectivity index (χ0v) is 19.7. The van der Waals surface area contributed by atoms with Gasteiger partial charge in [-0.2, -0.15) is 0 Å². The molecule has 0 spiro atoms. The zero-order valence-electron chi connectivity index (χ0n) is 19.7. The molecule has 3 aromatic carbocycles. The molecule has 8 heteroatoms. The van der Waals surface area contributed by atoms with Crippen molar-refractivity contribution < 1.29 is 9.15 Å². The number of aliphatic imine (C=N–C) groups is 1. The molecule has 8 nitrogen and oxygen atoms in total. The second-order valence-corrected chi connectivity index (χ2v) is 8.62. The Balaban J connectivity index is 1.32. The van der Waals surface area contributed by atoms with E-state index >= 15 is 0 Å². The fourth-order valence-electron chi connectivity index (χ4n) is 4.50. The Bertz CT molecular complexity index is 1410. The normalized spacial score (nSPS) is 17.6. The second kappa shape index (κ2) is 9.67. The molecule has 0 bridgehead atoms. The number of fused-ring (bicyclic) bond motifs is 1. The number of rotatable bonds is 5. The van der Waals surface area contributed by atoms with E-state index in [2.05, 4.69) is 44.4 Å². The summed E-state index contributed by atoms with van der Waals surface area (Å²) in [6.45, 7) is 7.27. The van der Waals surface area contributed by atoms with Crippen LogP contribution in [0.2, 0.25) is 0 Å². The first-order chi connectivity index (χ1) is 17.8. The fraction of sp³-hybridized carbons (Fsp3) is 0.179. The third kappa shape index (κ3) is 4.34. The third-order valence-electron chi connectivity index (χ3n) is 6.28. The number of nitrogens with zero attached hydrogens (tertiary/aromatic N) is 4. The Morgan fingerprint density at radius 2 is 1.58 bits per heavy atom. The molecule has 0 radical (unpaired) electrons. The lowest BCUT2D eigenvalue weighted by atomic mass is 10.0. The van der Waals surface area contributed by atoms with E-state index < -0.39 is 6.17 Å². The summed E-state index contributed by atoms with van der Waals surface area (Å²) in [6.07, 6.45) is -0.518. The lowest BCUT2D eigenvalue weighted by molar-refractivity contribution is 0.122. The summed E-state index contributed by atoms with van der Waals surface area (Å²) in [4.78, 5) is 7.31. The van der Waals surface area contributed by atoms with E-state index in [0.717, 1.165) is 46.9 Å². The van der Waals surface area contributed by atoms with Crippen molar-refractivity contribution >= 4 is 23.1 Å². The Kier molecular flexibility index (Phi) is 5.93. The lowest BCUT2D eigenvalue weighted by Crippen LogP contribution is -2.36. The van der Waals surface area contributed by atoms with Crippen LogP contribution in [0.25, 0.3) is 11.5 Å². The maximum atomic E-state index is 6.08. The van der Waals surface area contributed by atoms with Crippen LogP contribution >= 0.6 is 0 Å². The highest BCUT2D eigenvalue weighted by molar-refractivity contribution is 6.16. The molecule has 1 atom stereocenters. The monoisotopic (exact) mass is 478 g/mol. The number of anilines is 3. The van der Waals surface area contributed by atoms with Gasteiger partial charge >= 0.3 is 6.01 Å². The molecule has 2 aliphatic rings. The van der Waals surface area contributed by atoms with Gasteiger partial charge in [-0.25, -0.2) is 0 Å². The molecule has 4 aromatic rings. The van der Waals surface area contributed by atoms with Crippen molar-refractivity contribution in [1.82, 2.24) is 10.2 Å². The molecule has 1 aromatic heterocycles. The summed E-state index contributed by atoms with van der Waals surface area (Å²) in [5, 5.41) is 15.3. The predicted octanol–water partition coefficient (Wildman–Crippen LogP) is 4.79. The lowest BCUT2D eigenvalue weighted by Gasteiger charge is -2.29. The minimum absolute atomic E-state index is 0.275. The Hall–Kier alpha value is -4.43. The number of para-hydroxylation sites is 2. The summed E-state index contributed by atoms with van der Waals surface area (Å²) < 4.78 is 11.6. The van der Waals surface area contributed by atoms with Gasteiger partial charge in [-0.15, -0.1) is 5.10 Å². The number of nitrogens with one attached hydrogen (secondary N) is 2. The zero-order chi connectivity index (χ0) is 24.3. The maximum absolute atomic E-state index is 6.08. The van der Waals surface area contributed by atoms with E-state index in [4.69, 9.17) is 14.1 Å². The number of aromatic nitrogens is 2. The van der Waals surface area contributed by atoms with Gasteiger partial charge in [0.1, 0.15) is 0 Å². The fourth-order valence-corrected chi connectivity index (χ4v) is 4.50. The minimum Gasteiger partial charge on any atom is -0.403 e. The smallest absolute Gasteiger partial charge is 0.317 e. The molecule has 180 valence electrons. The van der Waals surface area contributed by atoms with Crippen LogP contribution in [0, 0.1) is 0 Å². The van der Waals surface area contributed by atoms with E-state index in [1.807, 2.05) is 66.7 Å². The maximum Gasteiger partial charge on any atom is 0.317 e. The molecule has 0 aliphatic carbocycles. The number of benzene rings is 3. The van der Waals surface area contributed by atoms with Gasteiger partial charge in [0.05, 0.1) is 30.2 Å². The van der Waals surface area contributed by atoms with Gasteiger partial charge in [-0.05, 0) is 18.2 Å². The topological polar surface area (TPSA) is 87.8 Å². The van der Waals surface area contributed by atoms with Crippen LogP contribution in [-0.4, -0.2) is 48.4 Å². The van der Waals surface area contributed by atoms with Crippen molar-refractivity contribution in [3.05, 3.63) is 102 Å². The molecule has 1 fully saturated rings. The highest BCUT2D eigenvalue weighted by Gasteiger charge is 2.24. The molecule has 1 unspecified atom stereocenters. The molecule has 0 amide bonds. The molecule has 36 heavy (non-hydrogen) atoms. The molecular formula is C28H26N6O2. The highest BCUT2D eigenvalue weighted by atomic mass is 16.5. The number of hydrogen-bond donors (Lipinski definition) is 2. The summed E-state index contributed by atoms with van der Waals surface area (Å²) in [5.74, 6) is 0.447. The Morgan fingerprint density at radius 1 is 0.861 bits per heavy atom. The molecule has 6 rings (SSSR count). The third-order valence-corrected chi connectivity index (χ3v) is 6.28. The van der Waals surface area contributed by atoms with Gasteiger partial charge in [0.15, 0.2) is 6.17 Å². The summed E-state index contributed by atoms with van der Waals surface area (Å²) in [5.41, 5.74) is 6.43. The van der Waals surface area contributed by atoms with E-state index in [0.29, 0.717) is 24.8 Å². The van der Waals surface area contributed by atoms with Crippen LogP contribution in [0.3, 0.4) is 0 Å². The largest absolute Gasteiger partial charge is 0.403 e. The van der Waals surface area contributed by atoms with Crippen LogP contribution < -0.4 is 15.5 Å². The number of morpholine rings is 1. The van der Waals surface area contributed by atoms with E-state index in [1.165, 1.54) is 0 Å². The molecular weight excluding hydrogens is 452 g/mol. The average molecular weight is 479 g/mol. The molecule has 0 saturated carbocycles. The average Bonchev–Trinajstić information content (AvgIpc) is 3.35. The summed E-state index contributed by atoms with van der Waals surface area (Å²) in [6, 6.07) is 26.5. The van der Waals surface area contributed by atoms with Gasteiger partial charge in [0.2, 0.25) is 0 Å². The number of ether oxygens (including phenoxy) is 1. The Morgan fingerprint density at radius 3 is 2.42 bits per heavy atom. The summed E-state index contributed by atoms with van der Waals surface area (Å²) in [7, 11) is 0. The van der Waals surface area contributed by atoms with Crippen LogP contribution in [0.1, 0.15) is 11.1 Å². The number of benzodiazepines with no additional fused rings is 1. The second-order valence-electron chi connectivity index (χ2n) is 8.62. The molecule has 1 saturated heterocycles. The Labute approximate surface area is 209 Å². The van der Waals surface area contributed by atoms with Crippen LogP contribution in [0.5, 0.6) is 0 Å². The van der Waals surface area contributed by atoms with Crippen molar-refractivity contribution in [1.29, 1.82) is 0 Å². The predicted molar refractivity (Wildman–Crippen MR) is 141 cm³/mol. The first-order valence-corrected chi connectivity index (χ1v) is 12.0. The number of hydrogen-bond acceptors (Lipinski definition) is 8. The molecule has 3 heterocycles. The van der Waals surface area contributed by atoms with Crippen LogP contribution in [-0.2, 0) is 4.74 Å².